The van der Waals surface area contributed by atoms with Crippen molar-refractivity contribution in [3.8, 4) is 0 Å². The molecule has 0 fully saturated rings. The Kier molecular flexibility index (Phi) is 10.2. The van der Waals surface area contributed by atoms with Gasteiger partial charge >= 0.3 is 15.9 Å². The van der Waals surface area contributed by atoms with Crippen LogP contribution in [-0.4, -0.2) is 70.1 Å². The molecule has 0 unspecified atom stereocenters. The molecule has 6 nitrogen and oxygen atoms in total. The average molecular weight is 335 g/mol. The van der Waals surface area contributed by atoms with E-state index >= 15 is 0 Å². The maximum atomic E-state index is 5.31. The molecular weight excluding hydrogens is 312 g/mol. The Labute approximate surface area is 119 Å². The molecule has 0 bridgehead atoms. The molecule has 0 amide bonds. The lowest BCUT2D eigenvalue weighted by Crippen LogP contribution is -2.41. The van der Waals surface area contributed by atoms with Crippen molar-refractivity contribution in [2.75, 3.05) is 54.2 Å². The zero-order valence-corrected chi connectivity index (χ0v) is 15.3. The third kappa shape index (κ3) is 5.48. The van der Waals surface area contributed by atoms with Gasteiger partial charge in [0.25, 0.3) is 0 Å². The summed E-state index contributed by atoms with van der Waals surface area (Å²) in [4.78, 5) is 0. The Morgan fingerprint density at radius 2 is 0.778 bits per heavy atom. The van der Waals surface area contributed by atoms with Crippen molar-refractivity contribution in [1.29, 1.82) is 0 Å². The van der Waals surface area contributed by atoms with Crippen LogP contribution in [0.5, 0.6) is 0 Å². The van der Waals surface area contributed by atoms with Crippen molar-refractivity contribution in [2.24, 2.45) is 0 Å². The predicted molar refractivity (Wildman–Crippen MR) is 78.5 cm³/mol. The van der Waals surface area contributed by atoms with Gasteiger partial charge in [-0.3, -0.25) is 0 Å². The molecule has 0 saturated carbocycles. The molecule has 0 N–H and O–H groups in total. The van der Waals surface area contributed by atoms with Crippen molar-refractivity contribution < 1.29 is 26.6 Å². The normalized spacial score (nSPS) is 13.0. The van der Waals surface area contributed by atoms with Gasteiger partial charge in [-0.05, 0) is 0 Å². The zero-order valence-electron chi connectivity index (χ0n) is 11.7. The monoisotopic (exact) mass is 334 g/mol. The van der Waals surface area contributed by atoms with Crippen LogP contribution < -0.4 is 0 Å². The highest BCUT2D eigenvalue weighted by Gasteiger charge is 2.42. The van der Waals surface area contributed by atoms with Crippen LogP contribution in [0.4, 0.5) is 0 Å². The molecule has 0 radical (unpaired) electrons. The van der Waals surface area contributed by atoms with E-state index in [-0.39, 0.29) is 0 Å². The Bertz CT molecular complexity index is 177. The highest BCUT2D eigenvalue weighted by atomic mass is 32.4. The van der Waals surface area contributed by atoms with E-state index in [1.54, 1.807) is 65.1 Å². The second-order valence-electron chi connectivity index (χ2n) is 2.92. The highest BCUT2D eigenvalue weighted by Crippen LogP contribution is 2.27. The molecule has 0 saturated heterocycles. The molecule has 18 heavy (non-hydrogen) atoms. The summed E-state index contributed by atoms with van der Waals surface area (Å²) in [6.45, 7) is 0. The maximum absolute atomic E-state index is 5.31. The Morgan fingerprint density at radius 1 is 0.556 bits per heavy atom. The molecule has 0 spiro atoms. The zero-order chi connectivity index (χ0) is 14.1. The van der Waals surface area contributed by atoms with Gasteiger partial charge in [0, 0.05) is 54.2 Å². The van der Waals surface area contributed by atoms with Gasteiger partial charge < -0.3 is 26.6 Å². The van der Waals surface area contributed by atoms with Crippen molar-refractivity contribution >= 4 is 38.3 Å². The van der Waals surface area contributed by atoms with Crippen molar-refractivity contribution in [3.05, 3.63) is 0 Å². The average Bonchev–Trinajstić information content (AvgIpc) is 2.45. The molecule has 0 aliphatic rings. The molecule has 0 aromatic heterocycles. The summed E-state index contributed by atoms with van der Waals surface area (Å²) in [7, 11) is 4.47. The van der Waals surface area contributed by atoms with Crippen molar-refractivity contribution in [1.82, 2.24) is 0 Å². The summed E-state index contributed by atoms with van der Waals surface area (Å²) in [5.74, 6) is 1.61. The van der Waals surface area contributed by atoms with Gasteiger partial charge in [0.1, 0.15) is 0 Å². The standard InChI is InChI=1S/C8H22O6S2Si2/c1-9-17(10-2,11-3)15-7-8-16-18(12-4,13-5)14-6/h7-8H2,1-6H3. The topological polar surface area (TPSA) is 55.4 Å². The highest BCUT2D eigenvalue weighted by molar-refractivity contribution is 8.29. The van der Waals surface area contributed by atoms with E-state index in [0.29, 0.717) is 0 Å². The molecule has 0 aromatic rings. The minimum absolute atomic E-state index is 0.803. The third-order valence-corrected chi connectivity index (χ3v) is 13.3. The first-order valence-electron chi connectivity index (χ1n) is 5.16. The van der Waals surface area contributed by atoms with Gasteiger partial charge in [-0.1, -0.05) is 22.4 Å². The minimum Gasteiger partial charge on any atom is -0.369 e. The lowest BCUT2D eigenvalue weighted by molar-refractivity contribution is 0.151. The van der Waals surface area contributed by atoms with E-state index in [2.05, 4.69) is 0 Å². The quantitative estimate of drug-likeness (QED) is 0.413. The lowest BCUT2D eigenvalue weighted by Gasteiger charge is -2.25. The first-order valence-corrected chi connectivity index (χ1v) is 12.0. The van der Waals surface area contributed by atoms with Crippen LogP contribution in [0.1, 0.15) is 0 Å². The molecular formula is C8H22O6S2Si2. The van der Waals surface area contributed by atoms with Crippen LogP contribution in [0.25, 0.3) is 0 Å². The van der Waals surface area contributed by atoms with Crippen molar-refractivity contribution in [2.45, 2.75) is 0 Å². The van der Waals surface area contributed by atoms with Gasteiger partial charge in [-0.15, -0.1) is 0 Å². The van der Waals surface area contributed by atoms with E-state index in [0.717, 1.165) is 11.5 Å². The van der Waals surface area contributed by atoms with Crippen LogP contribution in [0.15, 0.2) is 0 Å². The van der Waals surface area contributed by atoms with Crippen LogP contribution in [-0.2, 0) is 26.6 Å². The number of rotatable bonds is 11. The van der Waals surface area contributed by atoms with E-state index < -0.39 is 15.9 Å². The third-order valence-electron chi connectivity index (χ3n) is 2.14. The Morgan fingerprint density at radius 3 is 0.944 bits per heavy atom. The largest absolute Gasteiger partial charge is 0.572 e. The van der Waals surface area contributed by atoms with Gasteiger partial charge in [0.2, 0.25) is 0 Å². The summed E-state index contributed by atoms with van der Waals surface area (Å²) < 4.78 is 31.9. The molecule has 0 heterocycles. The molecule has 0 atom stereocenters. The molecule has 0 aliphatic heterocycles. The van der Waals surface area contributed by atoms with Gasteiger partial charge in [0.05, 0.1) is 0 Å². The van der Waals surface area contributed by atoms with Crippen LogP contribution >= 0.6 is 22.4 Å². The van der Waals surface area contributed by atoms with Crippen LogP contribution in [0.3, 0.4) is 0 Å². The van der Waals surface area contributed by atoms with E-state index in [9.17, 15) is 0 Å². The summed E-state index contributed by atoms with van der Waals surface area (Å²) in [5, 5.41) is 0. The summed E-state index contributed by atoms with van der Waals surface area (Å²) in [6.07, 6.45) is 0. The predicted octanol–water partition coefficient (Wildman–Crippen LogP) is 1.20. The SMILES string of the molecule is CO[Si](OC)(OC)SCCS[Si](OC)(OC)OC. The van der Waals surface area contributed by atoms with Crippen LogP contribution in [0, 0.1) is 0 Å². The van der Waals surface area contributed by atoms with Crippen molar-refractivity contribution in [3.63, 3.8) is 0 Å². The lowest BCUT2D eigenvalue weighted by atomic mass is 11.0. The summed E-state index contributed by atoms with van der Waals surface area (Å²) >= 11 is 3.10. The Hall–Kier alpha value is 0.894. The first-order chi connectivity index (χ1) is 8.57. The fourth-order valence-electron chi connectivity index (χ4n) is 1.19. The van der Waals surface area contributed by atoms with E-state index in [1.165, 1.54) is 0 Å². The molecule has 10 heteroatoms. The molecule has 110 valence electrons. The van der Waals surface area contributed by atoms with E-state index in [1.807, 2.05) is 0 Å². The minimum atomic E-state index is -2.55. The molecule has 0 aromatic carbocycles. The van der Waals surface area contributed by atoms with Gasteiger partial charge in [0.15, 0.2) is 0 Å². The number of hydrogen-bond acceptors (Lipinski definition) is 8. The Balaban J connectivity index is 4.11. The number of hydrogen-bond donors (Lipinski definition) is 0. The summed E-state index contributed by atoms with van der Waals surface area (Å²) in [5.41, 5.74) is 0. The molecule has 0 rings (SSSR count). The molecule has 0 aliphatic carbocycles. The second kappa shape index (κ2) is 9.74. The van der Waals surface area contributed by atoms with Crippen LogP contribution in [0.2, 0.25) is 0 Å². The second-order valence-corrected chi connectivity index (χ2v) is 13.5. The smallest absolute Gasteiger partial charge is 0.369 e. The first kappa shape index (κ1) is 18.9. The van der Waals surface area contributed by atoms with E-state index in [4.69, 9.17) is 26.6 Å². The maximum Gasteiger partial charge on any atom is 0.572 e. The fraction of sp³-hybridized carbons (Fsp3) is 1.00. The fourth-order valence-corrected chi connectivity index (χ4v) is 9.18. The van der Waals surface area contributed by atoms with Gasteiger partial charge in [-0.25, -0.2) is 0 Å². The summed E-state index contributed by atoms with van der Waals surface area (Å²) in [6, 6.07) is 0. The van der Waals surface area contributed by atoms with Gasteiger partial charge in [-0.2, -0.15) is 0 Å².